The largest absolute Gasteiger partial charge is 0.463 e. The maximum atomic E-state index is 12.2. The van der Waals surface area contributed by atoms with Gasteiger partial charge in [0.15, 0.2) is 0 Å². The van der Waals surface area contributed by atoms with E-state index in [4.69, 9.17) is 4.74 Å². The van der Waals surface area contributed by atoms with Crippen LogP contribution in [0, 0.1) is 0 Å². The molecule has 3 aliphatic heterocycles. The molecule has 0 aromatic heterocycles. The van der Waals surface area contributed by atoms with E-state index in [0.29, 0.717) is 12.6 Å². The number of aliphatic imine (C=N–C) groups is 1. The van der Waals surface area contributed by atoms with Crippen molar-refractivity contribution < 1.29 is 9.53 Å². The summed E-state index contributed by atoms with van der Waals surface area (Å²) >= 11 is 0. The SMILES string of the molecule is CCOC(=O)/C1=C\CCN(C2=CC=NC=C3CC=C(c4ccc(N5CCN(C(C)C)CC5)cc4)C=C32)CCC1. The Hall–Kier alpha value is -3.38. The number of esters is 1. The lowest BCUT2D eigenvalue weighted by Gasteiger charge is -2.38. The Morgan fingerprint density at radius 1 is 1.00 bits per heavy atom. The number of carbonyl (C=O) groups is 1. The molecule has 6 heteroatoms. The van der Waals surface area contributed by atoms with E-state index < -0.39 is 0 Å². The Balaban J connectivity index is 1.30. The molecule has 0 bridgehead atoms. The van der Waals surface area contributed by atoms with Crippen LogP contribution >= 0.6 is 0 Å². The second kappa shape index (κ2) is 12.6. The molecule has 0 amide bonds. The first kappa shape index (κ1) is 27.2. The minimum atomic E-state index is -0.161. The Labute approximate surface area is 233 Å². The van der Waals surface area contributed by atoms with Crippen molar-refractivity contribution in [2.45, 2.75) is 52.5 Å². The summed E-state index contributed by atoms with van der Waals surface area (Å²) in [7, 11) is 0. The summed E-state index contributed by atoms with van der Waals surface area (Å²) in [5.74, 6) is -0.161. The van der Waals surface area contributed by atoms with Crippen LogP contribution in [0.25, 0.3) is 5.57 Å². The molecule has 3 heterocycles. The van der Waals surface area contributed by atoms with Gasteiger partial charge in [0.1, 0.15) is 0 Å². The Morgan fingerprint density at radius 2 is 1.79 bits per heavy atom. The van der Waals surface area contributed by atoms with E-state index in [9.17, 15) is 4.79 Å². The average molecular weight is 527 g/mol. The van der Waals surface area contributed by atoms with Gasteiger partial charge in [-0.05, 0) is 87.4 Å². The Bertz CT molecular complexity index is 1220. The quantitative estimate of drug-likeness (QED) is 0.441. The normalized spacial score (nSPS) is 21.9. The molecule has 1 fully saturated rings. The van der Waals surface area contributed by atoms with Crippen LogP contribution in [0.2, 0.25) is 0 Å². The fourth-order valence-electron chi connectivity index (χ4n) is 5.89. The summed E-state index contributed by atoms with van der Waals surface area (Å²) in [5.41, 5.74) is 8.39. The third-order valence-corrected chi connectivity index (χ3v) is 8.17. The van der Waals surface area contributed by atoms with Gasteiger partial charge in [-0.15, -0.1) is 0 Å². The second-order valence-electron chi connectivity index (χ2n) is 10.9. The van der Waals surface area contributed by atoms with Gasteiger partial charge < -0.3 is 14.5 Å². The van der Waals surface area contributed by atoms with Crippen molar-refractivity contribution in [2.75, 3.05) is 50.8 Å². The summed E-state index contributed by atoms with van der Waals surface area (Å²) in [6, 6.07) is 9.73. The third-order valence-electron chi connectivity index (χ3n) is 8.17. The summed E-state index contributed by atoms with van der Waals surface area (Å²) < 4.78 is 5.24. The zero-order chi connectivity index (χ0) is 27.2. The van der Waals surface area contributed by atoms with Gasteiger partial charge in [-0.3, -0.25) is 9.89 Å². The van der Waals surface area contributed by atoms with Gasteiger partial charge in [0.2, 0.25) is 0 Å². The van der Waals surface area contributed by atoms with E-state index in [-0.39, 0.29) is 5.97 Å². The highest BCUT2D eigenvalue weighted by Crippen LogP contribution is 2.36. The molecule has 1 saturated heterocycles. The molecule has 1 aliphatic carbocycles. The first-order valence-corrected chi connectivity index (χ1v) is 14.6. The van der Waals surface area contributed by atoms with Gasteiger partial charge in [0.25, 0.3) is 0 Å². The van der Waals surface area contributed by atoms with Gasteiger partial charge >= 0.3 is 5.97 Å². The van der Waals surface area contributed by atoms with Crippen LogP contribution in [0.3, 0.4) is 0 Å². The smallest absolute Gasteiger partial charge is 0.333 e. The highest BCUT2D eigenvalue weighted by atomic mass is 16.5. The topological polar surface area (TPSA) is 48.4 Å². The van der Waals surface area contributed by atoms with Gasteiger partial charge in [-0.2, -0.15) is 0 Å². The molecule has 1 aromatic carbocycles. The van der Waals surface area contributed by atoms with E-state index in [1.807, 2.05) is 19.3 Å². The summed E-state index contributed by atoms with van der Waals surface area (Å²) in [6.45, 7) is 13.0. The number of piperazine rings is 1. The van der Waals surface area contributed by atoms with Crippen molar-refractivity contribution in [2.24, 2.45) is 4.99 Å². The number of fused-ring (bicyclic) bond motifs is 1. The molecular formula is C33H42N4O2. The molecule has 206 valence electrons. The molecule has 0 unspecified atom stereocenters. The van der Waals surface area contributed by atoms with Crippen molar-refractivity contribution in [1.82, 2.24) is 9.80 Å². The van der Waals surface area contributed by atoms with Crippen LogP contribution in [-0.2, 0) is 9.53 Å². The third kappa shape index (κ3) is 6.44. The maximum Gasteiger partial charge on any atom is 0.333 e. The average Bonchev–Trinajstić information content (AvgIpc) is 3.15. The van der Waals surface area contributed by atoms with Crippen LogP contribution in [-0.4, -0.2) is 73.9 Å². The molecule has 1 aromatic rings. The first-order valence-electron chi connectivity index (χ1n) is 14.6. The van der Waals surface area contributed by atoms with E-state index >= 15 is 0 Å². The summed E-state index contributed by atoms with van der Waals surface area (Å²) in [4.78, 5) is 24.3. The van der Waals surface area contributed by atoms with Crippen molar-refractivity contribution in [3.05, 3.63) is 82.7 Å². The molecule has 0 saturated carbocycles. The number of hydrogen-bond acceptors (Lipinski definition) is 6. The van der Waals surface area contributed by atoms with Gasteiger partial charge in [0, 0.05) is 80.3 Å². The molecule has 4 aliphatic rings. The molecule has 39 heavy (non-hydrogen) atoms. The minimum Gasteiger partial charge on any atom is -0.463 e. The predicted molar refractivity (Wildman–Crippen MR) is 161 cm³/mol. The fourth-order valence-corrected chi connectivity index (χ4v) is 5.89. The van der Waals surface area contributed by atoms with Gasteiger partial charge in [-0.25, -0.2) is 4.79 Å². The van der Waals surface area contributed by atoms with E-state index in [1.165, 1.54) is 33.7 Å². The standard InChI is InChI=1S/C33H42N4O2/c1-4-39-33(38)27-7-5-17-37(18-6-8-27)32-15-16-34-24-29-10-9-28(23-31(29)32)26-11-13-30(14-12-26)36-21-19-35(20-22-36)25(2)3/h7,9,11-16,23-25H,4-6,8,10,17-22H2,1-3H3/b27-7-. The molecule has 0 spiro atoms. The molecule has 0 atom stereocenters. The number of carbonyl (C=O) groups excluding carboxylic acids is 1. The highest BCUT2D eigenvalue weighted by Gasteiger charge is 2.23. The number of hydrogen-bond donors (Lipinski definition) is 0. The van der Waals surface area contributed by atoms with Crippen LogP contribution in [0.4, 0.5) is 5.69 Å². The van der Waals surface area contributed by atoms with Crippen LogP contribution in [0.1, 0.15) is 52.0 Å². The van der Waals surface area contributed by atoms with Crippen molar-refractivity contribution in [1.29, 1.82) is 0 Å². The summed E-state index contributed by atoms with van der Waals surface area (Å²) in [6.07, 6.45) is 16.2. The lowest BCUT2D eigenvalue weighted by Crippen LogP contribution is -2.48. The number of benzene rings is 1. The Kier molecular flexibility index (Phi) is 8.82. The van der Waals surface area contributed by atoms with Crippen molar-refractivity contribution >= 4 is 23.4 Å². The fraction of sp³-hybridized carbons (Fsp3) is 0.455. The van der Waals surface area contributed by atoms with Crippen LogP contribution in [0.15, 0.2) is 82.2 Å². The van der Waals surface area contributed by atoms with E-state index in [0.717, 1.165) is 70.5 Å². The number of ether oxygens (including phenoxy) is 1. The number of rotatable bonds is 6. The zero-order valence-electron chi connectivity index (χ0n) is 23.7. The number of anilines is 1. The van der Waals surface area contributed by atoms with Crippen LogP contribution in [0.5, 0.6) is 0 Å². The molecular weight excluding hydrogens is 484 g/mol. The monoisotopic (exact) mass is 526 g/mol. The lowest BCUT2D eigenvalue weighted by molar-refractivity contribution is -0.138. The van der Waals surface area contributed by atoms with Gasteiger partial charge in [-0.1, -0.05) is 24.3 Å². The van der Waals surface area contributed by atoms with E-state index in [2.05, 4.69) is 82.1 Å². The Morgan fingerprint density at radius 3 is 2.54 bits per heavy atom. The second-order valence-corrected chi connectivity index (χ2v) is 10.9. The van der Waals surface area contributed by atoms with Gasteiger partial charge in [0.05, 0.1) is 6.61 Å². The maximum absolute atomic E-state index is 12.2. The molecule has 0 radical (unpaired) electrons. The first-order chi connectivity index (χ1) is 19.0. The highest BCUT2D eigenvalue weighted by molar-refractivity contribution is 5.88. The number of nitrogens with zero attached hydrogens (tertiary/aromatic N) is 4. The predicted octanol–water partition coefficient (Wildman–Crippen LogP) is 5.76. The van der Waals surface area contributed by atoms with E-state index in [1.54, 1.807) is 0 Å². The van der Waals surface area contributed by atoms with Crippen molar-refractivity contribution in [3.63, 3.8) is 0 Å². The molecule has 0 N–H and O–H groups in total. The minimum absolute atomic E-state index is 0.161. The van der Waals surface area contributed by atoms with Crippen molar-refractivity contribution in [3.8, 4) is 0 Å². The summed E-state index contributed by atoms with van der Waals surface area (Å²) in [5, 5.41) is 0. The zero-order valence-corrected chi connectivity index (χ0v) is 23.7. The lowest BCUT2D eigenvalue weighted by atomic mass is 9.88. The number of allylic oxidation sites excluding steroid dienone is 5. The molecule has 6 nitrogen and oxygen atoms in total. The molecule has 5 rings (SSSR count). The van der Waals surface area contributed by atoms with Crippen LogP contribution < -0.4 is 4.90 Å².